The van der Waals surface area contributed by atoms with Gasteiger partial charge in [-0.15, -0.1) is 0 Å². The molecule has 0 radical (unpaired) electrons. The molecule has 1 saturated heterocycles. The third-order valence-electron chi connectivity index (χ3n) is 3.54. The first-order valence-corrected chi connectivity index (χ1v) is 7.74. The molecular formula is C15H16FNO3S. The molecule has 0 aliphatic carbocycles. The number of benzene rings is 1. The maximum atomic E-state index is 13.0. The number of hydrogen-bond donors (Lipinski definition) is 0. The Hall–Kier alpha value is -1.40. The van der Waals surface area contributed by atoms with Crippen molar-refractivity contribution in [2.45, 2.75) is 37.0 Å². The number of thioether (sulfide) groups is 1. The lowest BCUT2D eigenvalue weighted by atomic mass is 10.0. The van der Waals surface area contributed by atoms with Crippen molar-refractivity contribution in [1.29, 1.82) is 0 Å². The highest BCUT2D eigenvalue weighted by Gasteiger charge is 2.44. The minimum Gasteiger partial charge on any atom is -0.456 e. The molecule has 21 heavy (non-hydrogen) atoms. The molecule has 0 N–H and O–H groups in total. The van der Waals surface area contributed by atoms with E-state index in [0.717, 1.165) is 5.04 Å². The summed E-state index contributed by atoms with van der Waals surface area (Å²) in [6.07, 6.45) is -0.635. The first kappa shape index (κ1) is 14.5. The van der Waals surface area contributed by atoms with E-state index in [1.165, 1.54) is 11.8 Å². The monoisotopic (exact) mass is 309 g/mol. The van der Waals surface area contributed by atoms with E-state index in [1.54, 1.807) is 24.3 Å². The zero-order valence-electron chi connectivity index (χ0n) is 11.6. The number of rotatable bonds is 3. The van der Waals surface area contributed by atoms with Crippen molar-refractivity contribution in [3.05, 3.63) is 35.9 Å². The van der Waals surface area contributed by atoms with Crippen molar-refractivity contribution < 1.29 is 18.7 Å². The largest absolute Gasteiger partial charge is 0.456 e. The highest BCUT2D eigenvalue weighted by Crippen LogP contribution is 2.37. The smallest absolute Gasteiger partial charge is 0.338 e. The molecule has 4 atom stereocenters. The van der Waals surface area contributed by atoms with Gasteiger partial charge in [0, 0.05) is 6.42 Å². The van der Waals surface area contributed by atoms with E-state index in [0.29, 0.717) is 12.0 Å². The first-order chi connectivity index (χ1) is 10.2. The fourth-order valence-electron chi connectivity index (χ4n) is 2.55. The Morgan fingerprint density at radius 3 is 2.95 bits per heavy atom. The molecule has 1 aromatic rings. The van der Waals surface area contributed by atoms with Crippen LogP contribution in [0.5, 0.6) is 0 Å². The Kier molecular flexibility index (Phi) is 4.26. The number of alkyl halides is 1. The van der Waals surface area contributed by atoms with Gasteiger partial charge in [-0.1, -0.05) is 30.0 Å². The lowest BCUT2D eigenvalue weighted by molar-refractivity contribution is -0.0840. The highest BCUT2D eigenvalue weighted by molar-refractivity contribution is 8.14. The van der Waals surface area contributed by atoms with Gasteiger partial charge in [-0.3, -0.25) is 4.99 Å². The van der Waals surface area contributed by atoms with Crippen LogP contribution < -0.4 is 0 Å². The quantitative estimate of drug-likeness (QED) is 0.806. The van der Waals surface area contributed by atoms with Crippen LogP contribution in [0.25, 0.3) is 0 Å². The van der Waals surface area contributed by atoms with Gasteiger partial charge in [-0.05, 0) is 19.1 Å². The molecule has 2 aliphatic heterocycles. The average Bonchev–Trinajstić information content (AvgIpc) is 2.88. The molecule has 1 aromatic carbocycles. The second kappa shape index (κ2) is 6.15. The van der Waals surface area contributed by atoms with E-state index in [9.17, 15) is 9.18 Å². The van der Waals surface area contributed by atoms with Crippen molar-refractivity contribution in [2.24, 2.45) is 4.99 Å². The van der Waals surface area contributed by atoms with E-state index in [4.69, 9.17) is 9.47 Å². The van der Waals surface area contributed by atoms with Crippen molar-refractivity contribution >= 4 is 22.8 Å². The second-order valence-electron chi connectivity index (χ2n) is 5.08. The molecule has 4 nitrogen and oxygen atoms in total. The molecule has 0 amide bonds. The van der Waals surface area contributed by atoms with Gasteiger partial charge >= 0.3 is 5.97 Å². The van der Waals surface area contributed by atoms with Gasteiger partial charge in [0.05, 0.1) is 16.7 Å². The van der Waals surface area contributed by atoms with Gasteiger partial charge in [0.1, 0.15) is 24.3 Å². The molecule has 1 unspecified atom stereocenters. The van der Waals surface area contributed by atoms with Gasteiger partial charge in [-0.2, -0.15) is 0 Å². The van der Waals surface area contributed by atoms with Crippen LogP contribution in [-0.4, -0.2) is 41.4 Å². The lowest BCUT2D eigenvalue weighted by Crippen LogP contribution is -2.46. The average molecular weight is 309 g/mol. The summed E-state index contributed by atoms with van der Waals surface area (Å²) in [5.74, 6) is -0.399. The number of halogens is 1. The van der Waals surface area contributed by atoms with Crippen molar-refractivity contribution in [3.8, 4) is 0 Å². The minimum absolute atomic E-state index is 0.245. The Bertz CT molecular complexity index is 551. The molecule has 6 heteroatoms. The van der Waals surface area contributed by atoms with Crippen molar-refractivity contribution in [1.82, 2.24) is 0 Å². The van der Waals surface area contributed by atoms with Gasteiger partial charge < -0.3 is 9.47 Å². The summed E-state index contributed by atoms with van der Waals surface area (Å²) in [6, 6.07) is 8.54. The maximum absolute atomic E-state index is 13.0. The molecule has 1 fully saturated rings. The summed E-state index contributed by atoms with van der Waals surface area (Å²) in [5, 5.41) is 0.880. The number of nitrogens with zero attached hydrogens (tertiary/aromatic N) is 1. The normalized spacial score (nSPS) is 31.4. The third kappa shape index (κ3) is 3.11. The number of esters is 1. The number of hydrogen-bond acceptors (Lipinski definition) is 5. The van der Waals surface area contributed by atoms with E-state index in [1.807, 2.05) is 13.0 Å². The fourth-order valence-corrected chi connectivity index (χ4v) is 3.65. The molecule has 2 heterocycles. The van der Waals surface area contributed by atoms with E-state index in [2.05, 4.69) is 4.99 Å². The van der Waals surface area contributed by atoms with Gasteiger partial charge in [0.15, 0.2) is 0 Å². The van der Waals surface area contributed by atoms with Gasteiger partial charge in [0.2, 0.25) is 0 Å². The number of ether oxygens (including phenoxy) is 2. The SMILES string of the molecule is CC1=N[C@@H]2C(OC(=O)c3ccccc3)C[C@@H](CF)O[C@@H]2S1. The Morgan fingerprint density at radius 1 is 1.48 bits per heavy atom. The molecular weight excluding hydrogens is 293 g/mol. The van der Waals surface area contributed by atoms with Gasteiger partial charge in [-0.25, -0.2) is 9.18 Å². The third-order valence-corrected chi connectivity index (χ3v) is 4.61. The minimum atomic E-state index is -0.581. The summed E-state index contributed by atoms with van der Waals surface area (Å²) in [6.45, 7) is 1.30. The Labute approximate surface area is 126 Å². The lowest BCUT2D eigenvalue weighted by Gasteiger charge is -2.35. The summed E-state index contributed by atoms with van der Waals surface area (Å²) in [7, 11) is 0. The Morgan fingerprint density at radius 2 is 2.24 bits per heavy atom. The number of carbonyl (C=O) groups excluding carboxylic acids is 1. The standard InChI is InChI=1S/C15H16FNO3S/c1-9-17-13-12(7-11(8-16)19-15(13)21-9)20-14(18)10-5-3-2-4-6-10/h2-6,11-13,15H,7-8H2,1H3/t11-,12?,13+,15+/m0/s1. The van der Waals surface area contributed by atoms with Crippen LogP contribution in [0.15, 0.2) is 35.3 Å². The number of carbonyl (C=O) groups is 1. The van der Waals surface area contributed by atoms with Crippen LogP contribution in [0.2, 0.25) is 0 Å². The molecule has 3 rings (SSSR count). The van der Waals surface area contributed by atoms with Gasteiger partial charge in [0.25, 0.3) is 0 Å². The summed E-state index contributed by atoms with van der Waals surface area (Å²) >= 11 is 1.47. The van der Waals surface area contributed by atoms with Crippen LogP contribution in [-0.2, 0) is 9.47 Å². The zero-order chi connectivity index (χ0) is 14.8. The van der Waals surface area contributed by atoms with E-state index >= 15 is 0 Å². The van der Waals surface area contributed by atoms with Crippen LogP contribution in [0.3, 0.4) is 0 Å². The van der Waals surface area contributed by atoms with E-state index < -0.39 is 24.9 Å². The van der Waals surface area contributed by atoms with Crippen LogP contribution in [0.1, 0.15) is 23.7 Å². The van der Waals surface area contributed by atoms with Crippen LogP contribution >= 0.6 is 11.8 Å². The molecule has 0 saturated carbocycles. The predicted molar refractivity (Wildman–Crippen MR) is 79.4 cm³/mol. The van der Waals surface area contributed by atoms with Crippen LogP contribution in [0, 0.1) is 0 Å². The summed E-state index contributed by atoms with van der Waals surface area (Å²) in [4.78, 5) is 16.6. The second-order valence-corrected chi connectivity index (χ2v) is 6.37. The van der Waals surface area contributed by atoms with Crippen molar-refractivity contribution in [2.75, 3.05) is 6.67 Å². The molecule has 2 aliphatic rings. The number of aliphatic imine (C=N–C) groups is 1. The molecule has 112 valence electrons. The predicted octanol–water partition coefficient (Wildman–Crippen LogP) is 2.83. The molecule has 0 aromatic heterocycles. The summed E-state index contributed by atoms with van der Waals surface area (Å²) in [5.41, 5.74) is 0.233. The molecule has 0 bridgehead atoms. The number of fused-ring (bicyclic) bond motifs is 1. The van der Waals surface area contributed by atoms with Crippen molar-refractivity contribution in [3.63, 3.8) is 0 Å². The summed E-state index contributed by atoms with van der Waals surface area (Å²) < 4.78 is 24.1. The zero-order valence-corrected chi connectivity index (χ0v) is 12.4. The highest BCUT2D eigenvalue weighted by atomic mass is 32.2. The maximum Gasteiger partial charge on any atom is 0.338 e. The fraction of sp³-hybridized carbons (Fsp3) is 0.467. The Balaban J connectivity index is 1.74. The van der Waals surface area contributed by atoms with Crippen LogP contribution in [0.4, 0.5) is 4.39 Å². The molecule has 0 spiro atoms. The van der Waals surface area contributed by atoms with E-state index in [-0.39, 0.29) is 11.5 Å². The first-order valence-electron chi connectivity index (χ1n) is 6.86. The topological polar surface area (TPSA) is 47.9 Å².